The lowest BCUT2D eigenvalue weighted by molar-refractivity contribution is -0.180. The lowest BCUT2D eigenvalue weighted by atomic mass is 10.0. The summed E-state index contributed by atoms with van der Waals surface area (Å²) in [5.41, 5.74) is 3.49. The molecule has 0 saturated carbocycles. The zero-order chi connectivity index (χ0) is 28.8. The van der Waals surface area contributed by atoms with Crippen molar-refractivity contribution in [2.75, 3.05) is 47.1 Å². The minimum atomic E-state index is -0.971. The van der Waals surface area contributed by atoms with Crippen molar-refractivity contribution in [1.29, 1.82) is 0 Å². The summed E-state index contributed by atoms with van der Waals surface area (Å²) in [4.78, 5) is 40.3. The van der Waals surface area contributed by atoms with E-state index in [0.717, 1.165) is 16.3 Å². The van der Waals surface area contributed by atoms with Crippen LogP contribution in [0, 0.1) is 0 Å². The van der Waals surface area contributed by atoms with E-state index < -0.39 is 30.3 Å². The Morgan fingerprint density at radius 1 is 0.974 bits per heavy atom. The molecular weight excluding hydrogens is 502 g/mol. The van der Waals surface area contributed by atoms with E-state index in [-0.39, 0.29) is 25.6 Å². The Morgan fingerprint density at radius 2 is 1.64 bits per heavy atom. The number of rotatable bonds is 16. The monoisotopic (exact) mass is 545 g/mol. The number of benzene rings is 2. The van der Waals surface area contributed by atoms with Gasteiger partial charge in [-0.3, -0.25) is 15.0 Å². The Kier molecular flexibility index (Phi) is 13.7. The lowest BCUT2D eigenvalue weighted by Crippen LogP contribution is -2.57. The first-order valence-corrected chi connectivity index (χ1v) is 13.3. The molecule has 3 N–H and O–H groups in total. The zero-order valence-corrected chi connectivity index (χ0v) is 23.9. The van der Waals surface area contributed by atoms with Crippen LogP contribution in [-0.4, -0.2) is 93.2 Å². The van der Waals surface area contributed by atoms with Gasteiger partial charge in [0.1, 0.15) is 6.04 Å². The number of ether oxygens (including phenoxy) is 3. The molecule has 216 valence electrons. The van der Waals surface area contributed by atoms with Crippen LogP contribution < -0.4 is 16.1 Å². The third-order valence-corrected chi connectivity index (χ3v) is 6.03. The summed E-state index contributed by atoms with van der Waals surface area (Å²) in [6.45, 7) is 8.74. The van der Waals surface area contributed by atoms with Gasteiger partial charge in [0.15, 0.2) is 6.29 Å². The lowest BCUT2D eigenvalue weighted by Gasteiger charge is -2.36. The Morgan fingerprint density at radius 3 is 2.28 bits per heavy atom. The fraction of sp³-hybridized carbons (Fsp3) is 0.536. The molecule has 2 atom stereocenters. The Balaban J connectivity index is 2.33. The molecule has 0 aliphatic rings. The van der Waals surface area contributed by atoms with Gasteiger partial charge < -0.3 is 29.7 Å². The number of nitrogens with zero attached hydrogens (tertiary/aromatic N) is 2. The van der Waals surface area contributed by atoms with Gasteiger partial charge in [0.05, 0.1) is 19.2 Å². The van der Waals surface area contributed by atoms with Crippen molar-refractivity contribution in [3.63, 3.8) is 0 Å². The van der Waals surface area contributed by atoms with Crippen molar-refractivity contribution in [2.24, 2.45) is 0 Å². The molecule has 0 fully saturated rings. The fourth-order valence-corrected chi connectivity index (χ4v) is 4.25. The van der Waals surface area contributed by atoms with Gasteiger partial charge in [-0.25, -0.2) is 9.80 Å². The summed E-state index contributed by atoms with van der Waals surface area (Å²) in [5, 5.41) is 8.79. The van der Waals surface area contributed by atoms with E-state index in [1.807, 2.05) is 63.2 Å². The molecule has 0 heterocycles. The van der Waals surface area contributed by atoms with Crippen LogP contribution in [0.4, 0.5) is 4.79 Å². The smallest absolute Gasteiger partial charge is 0.329 e. The van der Waals surface area contributed by atoms with E-state index in [1.165, 1.54) is 12.1 Å². The average Bonchev–Trinajstić information content (AvgIpc) is 2.90. The molecular formula is C28H43N5O6. The number of hydrazine groups is 1. The summed E-state index contributed by atoms with van der Waals surface area (Å²) < 4.78 is 17.0. The molecule has 2 aromatic carbocycles. The molecule has 11 heteroatoms. The predicted octanol–water partition coefficient (Wildman–Crippen LogP) is 2.25. The second kappa shape index (κ2) is 16.7. The summed E-state index contributed by atoms with van der Waals surface area (Å²) in [7, 11) is 3.03. The van der Waals surface area contributed by atoms with Crippen LogP contribution in [0.25, 0.3) is 10.8 Å². The van der Waals surface area contributed by atoms with Crippen molar-refractivity contribution in [1.82, 2.24) is 26.0 Å². The topological polar surface area (TPSA) is 121 Å². The minimum absolute atomic E-state index is 0.0370. The van der Waals surface area contributed by atoms with Gasteiger partial charge in [-0.15, -0.1) is 0 Å². The van der Waals surface area contributed by atoms with Crippen LogP contribution in [0.2, 0.25) is 0 Å². The number of carbonyl (C=O) groups is 3. The first kappa shape index (κ1) is 32.0. The van der Waals surface area contributed by atoms with Crippen LogP contribution in [-0.2, 0) is 30.3 Å². The standard InChI is InChI=1S/C28H43N5O6/c1-7-29-28(36)31-32(5)18-25(34)30-24(19-37-6)26(35)33(20(4)27(38-8-2)39-9-3)17-22-15-12-14-21-13-10-11-16-23(21)22/h10-16,20,24,27H,7-9,17-19H2,1-6H3,(H,30,34)(H2,29,31,36)/t20-,24-/m0/s1. The number of nitrogens with one attached hydrogen (secondary N) is 3. The van der Waals surface area contributed by atoms with Crippen molar-refractivity contribution in [2.45, 2.75) is 52.6 Å². The third-order valence-electron chi connectivity index (χ3n) is 6.03. The van der Waals surface area contributed by atoms with E-state index in [1.54, 1.807) is 18.9 Å². The normalized spacial score (nSPS) is 12.8. The van der Waals surface area contributed by atoms with E-state index in [2.05, 4.69) is 16.1 Å². The van der Waals surface area contributed by atoms with Gasteiger partial charge >= 0.3 is 6.03 Å². The number of methoxy groups -OCH3 is 1. The maximum atomic E-state index is 14.0. The number of hydrogen-bond acceptors (Lipinski definition) is 7. The third kappa shape index (κ3) is 9.77. The minimum Gasteiger partial charge on any atom is -0.382 e. The summed E-state index contributed by atoms with van der Waals surface area (Å²) in [6.07, 6.45) is -0.662. The summed E-state index contributed by atoms with van der Waals surface area (Å²) >= 11 is 0. The molecule has 4 amide bonds. The second-order valence-electron chi connectivity index (χ2n) is 9.03. The molecule has 11 nitrogen and oxygen atoms in total. The molecule has 0 aromatic heterocycles. The Labute approximate surface area is 231 Å². The molecule has 0 bridgehead atoms. The molecule has 0 spiro atoms. The summed E-state index contributed by atoms with van der Waals surface area (Å²) in [5.74, 6) is -0.789. The highest BCUT2D eigenvalue weighted by atomic mass is 16.7. The Bertz CT molecular complexity index is 1060. The number of carbonyl (C=O) groups excluding carboxylic acids is 3. The number of urea groups is 1. The van der Waals surface area contributed by atoms with Crippen LogP contribution in [0.1, 0.15) is 33.3 Å². The number of fused-ring (bicyclic) bond motifs is 1. The largest absolute Gasteiger partial charge is 0.382 e. The Hall–Kier alpha value is -3.25. The van der Waals surface area contributed by atoms with Crippen molar-refractivity contribution in [3.8, 4) is 0 Å². The maximum absolute atomic E-state index is 14.0. The van der Waals surface area contributed by atoms with E-state index >= 15 is 0 Å². The van der Waals surface area contributed by atoms with Crippen LogP contribution in [0.3, 0.4) is 0 Å². The van der Waals surface area contributed by atoms with Crippen molar-refractivity contribution in [3.05, 3.63) is 48.0 Å². The van der Waals surface area contributed by atoms with Crippen LogP contribution >= 0.6 is 0 Å². The van der Waals surface area contributed by atoms with Crippen molar-refractivity contribution < 1.29 is 28.6 Å². The first-order chi connectivity index (χ1) is 18.7. The van der Waals surface area contributed by atoms with E-state index in [0.29, 0.717) is 19.8 Å². The number of hydrogen-bond donors (Lipinski definition) is 3. The second-order valence-corrected chi connectivity index (χ2v) is 9.03. The number of likely N-dealkylation sites (N-methyl/N-ethyl adjacent to an activating group) is 1. The van der Waals surface area contributed by atoms with Gasteiger partial charge in [-0.05, 0) is 44.0 Å². The molecule has 0 aliphatic carbocycles. The fourth-order valence-electron chi connectivity index (χ4n) is 4.25. The van der Waals surface area contributed by atoms with Crippen molar-refractivity contribution >= 4 is 28.6 Å². The predicted molar refractivity (Wildman–Crippen MR) is 150 cm³/mol. The first-order valence-electron chi connectivity index (χ1n) is 13.3. The molecule has 39 heavy (non-hydrogen) atoms. The SMILES string of the molecule is CCNC(=O)NN(C)CC(=O)N[C@@H](COC)C(=O)N(Cc1cccc2ccccc12)[C@@H](C)C(OCC)OCC. The van der Waals surface area contributed by atoms with Gasteiger partial charge in [-0.1, -0.05) is 42.5 Å². The molecule has 0 aliphatic heterocycles. The molecule has 2 rings (SSSR count). The van der Waals surface area contributed by atoms with Crippen LogP contribution in [0.5, 0.6) is 0 Å². The average molecular weight is 546 g/mol. The van der Waals surface area contributed by atoms with Gasteiger partial charge in [-0.2, -0.15) is 0 Å². The maximum Gasteiger partial charge on any atom is 0.329 e. The molecule has 0 saturated heterocycles. The molecule has 0 radical (unpaired) electrons. The van der Waals surface area contributed by atoms with Gasteiger partial charge in [0.25, 0.3) is 0 Å². The highest BCUT2D eigenvalue weighted by molar-refractivity contribution is 5.90. The summed E-state index contributed by atoms with van der Waals surface area (Å²) in [6, 6.07) is 12.1. The zero-order valence-electron chi connectivity index (χ0n) is 23.9. The quantitative estimate of drug-likeness (QED) is 0.219. The highest BCUT2D eigenvalue weighted by Gasteiger charge is 2.34. The molecule has 0 unspecified atom stereocenters. The van der Waals surface area contributed by atoms with Crippen LogP contribution in [0.15, 0.2) is 42.5 Å². The van der Waals surface area contributed by atoms with E-state index in [4.69, 9.17) is 14.2 Å². The number of amides is 4. The van der Waals surface area contributed by atoms with E-state index in [9.17, 15) is 14.4 Å². The van der Waals surface area contributed by atoms with Gasteiger partial charge in [0.2, 0.25) is 11.8 Å². The highest BCUT2D eigenvalue weighted by Crippen LogP contribution is 2.23. The van der Waals surface area contributed by atoms with Gasteiger partial charge in [0, 0.05) is 40.5 Å². The molecule has 2 aromatic rings.